The molecule has 0 amide bonds. The number of aromatic nitrogens is 1. The van der Waals surface area contributed by atoms with Crippen LogP contribution in [-0.2, 0) is 6.54 Å². The first-order valence-electron chi connectivity index (χ1n) is 7.34. The molecule has 0 fully saturated rings. The molecule has 0 spiro atoms. The molecule has 0 aliphatic rings. The predicted molar refractivity (Wildman–Crippen MR) is 86.3 cm³/mol. The van der Waals surface area contributed by atoms with Gasteiger partial charge in [0.1, 0.15) is 11.6 Å². The van der Waals surface area contributed by atoms with E-state index >= 15 is 0 Å². The topological polar surface area (TPSA) is 28.2 Å². The third kappa shape index (κ3) is 3.94. The Balaban J connectivity index is 1.98. The molecule has 0 radical (unpaired) electrons. The van der Waals surface area contributed by atoms with Gasteiger partial charge in [-0.05, 0) is 50.1 Å². The van der Waals surface area contributed by atoms with Crippen molar-refractivity contribution >= 4 is 11.5 Å². The third-order valence-electron chi connectivity index (χ3n) is 3.57. The minimum atomic E-state index is -0.163. The number of rotatable bonds is 6. The van der Waals surface area contributed by atoms with Crippen LogP contribution in [0.1, 0.15) is 25.0 Å². The van der Waals surface area contributed by atoms with Crippen molar-refractivity contribution in [2.24, 2.45) is 0 Å². The van der Waals surface area contributed by atoms with Gasteiger partial charge < -0.3 is 10.2 Å². The summed E-state index contributed by atoms with van der Waals surface area (Å²) in [5.74, 6) is 0.816. The molecule has 1 N–H and O–H groups in total. The van der Waals surface area contributed by atoms with Gasteiger partial charge in [0.15, 0.2) is 0 Å². The zero-order chi connectivity index (χ0) is 15.2. The van der Waals surface area contributed by atoms with Gasteiger partial charge in [0.25, 0.3) is 0 Å². The molecule has 1 aromatic carbocycles. The Bertz CT molecular complexity index is 577. The van der Waals surface area contributed by atoms with Crippen LogP contribution < -0.4 is 10.2 Å². The van der Waals surface area contributed by atoms with Crippen LogP contribution >= 0.6 is 0 Å². The van der Waals surface area contributed by atoms with Crippen LogP contribution in [0.2, 0.25) is 0 Å². The third-order valence-corrected chi connectivity index (χ3v) is 3.57. The lowest BCUT2D eigenvalue weighted by atomic mass is 10.1. The summed E-state index contributed by atoms with van der Waals surface area (Å²) in [5.41, 5.74) is 2.53. The second-order valence-corrected chi connectivity index (χ2v) is 5.01. The Morgan fingerprint density at radius 1 is 1.14 bits per heavy atom. The second kappa shape index (κ2) is 7.07. The largest absolute Gasteiger partial charge is 0.380 e. The molecular weight excluding hydrogens is 265 g/mol. The number of hydrogen-bond donors (Lipinski definition) is 1. The van der Waals surface area contributed by atoms with Gasteiger partial charge in [-0.2, -0.15) is 0 Å². The van der Waals surface area contributed by atoms with Crippen molar-refractivity contribution in [3.8, 4) is 0 Å². The van der Waals surface area contributed by atoms with Crippen LogP contribution in [0.5, 0.6) is 0 Å². The van der Waals surface area contributed by atoms with Crippen LogP contribution in [0.4, 0.5) is 15.9 Å². The summed E-state index contributed by atoms with van der Waals surface area (Å²) in [6.45, 7) is 8.47. The van der Waals surface area contributed by atoms with E-state index in [1.165, 1.54) is 0 Å². The summed E-state index contributed by atoms with van der Waals surface area (Å²) in [4.78, 5) is 6.65. The SMILES string of the molecule is CCN(CC)c1ccc(NCc2ccc(C)c(F)c2)cn1. The fourth-order valence-corrected chi connectivity index (χ4v) is 2.18. The van der Waals surface area contributed by atoms with Crippen LogP contribution in [-0.4, -0.2) is 18.1 Å². The molecule has 0 saturated heterocycles. The Labute approximate surface area is 125 Å². The summed E-state index contributed by atoms with van der Waals surface area (Å²) < 4.78 is 13.5. The highest BCUT2D eigenvalue weighted by Crippen LogP contribution is 2.15. The smallest absolute Gasteiger partial charge is 0.128 e. The van der Waals surface area contributed by atoms with Crippen molar-refractivity contribution in [2.75, 3.05) is 23.3 Å². The van der Waals surface area contributed by atoms with Crippen molar-refractivity contribution in [1.82, 2.24) is 4.98 Å². The van der Waals surface area contributed by atoms with Gasteiger partial charge >= 0.3 is 0 Å². The normalized spacial score (nSPS) is 10.5. The summed E-state index contributed by atoms with van der Waals surface area (Å²) in [6, 6.07) is 9.31. The van der Waals surface area contributed by atoms with E-state index in [0.717, 1.165) is 30.2 Å². The van der Waals surface area contributed by atoms with Gasteiger partial charge in [-0.25, -0.2) is 9.37 Å². The summed E-state index contributed by atoms with van der Waals surface area (Å²) in [6.07, 6.45) is 1.82. The van der Waals surface area contributed by atoms with E-state index in [4.69, 9.17) is 0 Å². The first kappa shape index (κ1) is 15.3. The summed E-state index contributed by atoms with van der Waals surface area (Å²) in [5, 5.41) is 3.26. The van der Waals surface area contributed by atoms with Gasteiger partial charge in [-0.3, -0.25) is 0 Å². The number of anilines is 2. The molecule has 0 unspecified atom stereocenters. The van der Waals surface area contributed by atoms with E-state index in [1.54, 1.807) is 19.1 Å². The highest BCUT2D eigenvalue weighted by molar-refractivity contribution is 5.48. The van der Waals surface area contributed by atoms with Gasteiger partial charge in [0.2, 0.25) is 0 Å². The highest BCUT2D eigenvalue weighted by Gasteiger charge is 2.03. The molecule has 0 atom stereocenters. The van der Waals surface area contributed by atoms with Crippen LogP contribution in [0, 0.1) is 12.7 Å². The van der Waals surface area contributed by atoms with Crippen molar-refractivity contribution in [3.63, 3.8) is 0 Å². The van der Waals surface area contributed by atoms with E-state index in [9.17, 15) is 4.39 Å². The van der Waals surface area contributed by atoms with Crippen molar-refractivity contribution in [1.29, 1.82) is 0 Å². The second-order valence-electron chi connectivity index (χ2n) is 5.01. The van der Waals surface area contributed by atoms with Crippen molar-refractivity contribution in [2.45, 2.75) is 27.3 Å². The molecule has 0 aliphatic carbocycles. The van der Waals surface area contributed by atoms with E-state index in [2.05, 4.69) is 29.0 Å². The van der Waals surface area contributed by atoms with Gasteiger partial charge in [0.05, 0.1) is 11.9 Å². The lowest BCUT2D eigenvalue weighted by Gasteiger charge is -2.19. The predicted octanol–water partition coefficient (Wildman–Crippen LogP) is 3.99. The lowest BCUT2D eigenvalue weighted by molar-refractivity contribution is 0.616. The number of nitrogens with one attached hydrogen (secondary N) is 1. The molecule has 1 aromatic heterocycles. The fourth-order valence-electron chi connectivity index (χ4n) is 2.18. The average molecular weight is 287 g/mol. The maximum atomic E-state index is 13.5. The molecular formula is C17H22FN3. The molecule has 0 saturated carbocycles. The zero-order valence-electron chi connectivity index (χ0n) is 12.9. The van der Waals surface area contributed by atoms with E-state index in [0.29, 0.717) is 12.1 Å². The number of pyridine rings is 1. The molecule has 2 aromatic rings. The molecule has 2 rings (SSSR count). The van der Waals surface area contributed by atoms with E-state index < -0.39 is 0 Å². The molecule has 112 valence electrons. The first-order chi connectivity index (χ1) is 10.1. The molecule has 4 heteroatoms. The van der Waals surface area contributed by atoms with Crippen LogP contribution in [0.25, 0.3) is 0 Å². The Morgan fingerprint density at radius 3 is 2.48 bits per heavy atom. The maximum absolute atomic E-state index is 13.5. The zero-order valence-corrected chi connectivity index (χ0v) is 12.9. The monoisotopic (exact) mass is 287 g/mol. The van der Waals surface area contributed by atoms with Crippen LogP contribution in [0.15, 0.2) is 36.5 Å². The number of benzene rings is 1. The Morgan fingerprint density at radius 2 is 1.90 bits per heavy atom. The number of nitrogens with zero attached hydrogens (tertiary/aromatic N) is 2. The quantitative estimate of drug-likeness (QED) is 0.870. The molecule has 0 bridgehead atoms. The Kier molecular flexibility index (Phi) is 5.14. The highest BCUT2D eigenvalue weighted by atomic mass is 19.1. The van der Waals surface area contributed by atoms with Gasteiger partial charge in [-0.1, -0.05) is 12.1 Å². The maximum Gasteiger partial charge on any atom is 0.128 e. The van der Waals surface area contributed by atoms with E-state index in [1.807, 2.05) is 24.4 Å². The van der Waals surface area contributed by atoms with E-state index in [-0.39, 0.29) is 5.82 Å². The molecule has 0 aliphatic heterocycles. The Hall–Kier alpha value is -2.10. The minimum Gasteiger partial charge on any atom is -0.380 e. The van der Waals surface area contributed by atoms with Gasteiger partial charge in [-0.15, -0.1) is 0 Å². The number of halogens is 1. The summed E-state index contributed by atoms with van der Waals surface area (Å²) in [7, 11) is 0. The standard InChI is InChI=1S/C17H22FN3/c1-4-21(5-2)17-9-8-15(12-20-17)19-11-14-7-6-13(3)16(18)10-14/h6-10,12,19H,4-5,11H2,1-3H3. The molecule has 1 heterocycles. The molecule has 21 heavy (non-hydrogen) atoms. The van der Waals surface area contributed by atoms with Crippen LogP contribution in [0.3, 0.4) is 0 Å². The van der Waals surface area contributed by atoms with Crippen molar-refractivity contribution < 1.29 is 4.39 Å². The fraction of sp³-hybridized carbons (Fsp3) is 0.353. The lowest BCUT2D eigenvalue weighted by Crippen LogP contribution is -2.22. The average Bonchev–Trinajstić information content (AvgIpc) is 2.51. The van der Waals surface area contributed by atoms with Gasteiger partial charge in [0, 0.05) is 19.6 Å². The summed E-state index contributed by atoms with van der Waals surface area (Å²) >= 11 is 0. The molecule has 3 nitrogen and oxygen atoms in total. The first-order valence-corrected chi connectivity index (χ1v) is 7.34. The number of aryl methyl sites for hydroxylation is 1. The minimum absolute atomic E-state index is 0.163. The van der Waals surface area contributed by atoms with Crippen molar-refractivity contribution in [3.05, 3.63) is 53.5 Å². The number of hydrogen-bond acceptors (Lipinski definition) is 3.